The van der Waals surface area contributed by atoms with E-state index in [0.29, 0.717) is 17.8 Å². The zero-order valence-electron chi connectivity index (χ0n) is 14.7. The fourth-order valence-electron chi connectivity index (χ4n) is 2.66. The minimum Gasteiger partial charge on any atom is -0.451 e. The van der Waals surface area contributed by atoms with Crippen LogP contribution in [0.25, 0.3) is 11.0 Å². The van der Waals surface area contributed by atoms with Crippen molar-refractivity contribution < 1.29 is 14.0 Å². The molecule has 0 aliphatic carbocycles. The number of carbonyl (C=O) groups is 2. The molecule has 0 radical (unpaired) electrons. The van der Waals surface area contributed by atoms with Crippen LogP contribution >= 0.6 is 27.3 Å². The topological polar surface area (TPSA) is 62.6 Å². The molecule has 7 heteroatoms. The van der Waals surface area contributed by atoms with Crippen molar-refractivity contribution in [1.82, 2.24) is 4.90 Å². The van der Waals surface area contributed by atoms with E-state index >= 15 is 0 Å². The van der Waals surface area contributed by atoms with Crippen LogP contribution in [0.2, 0.25) is 0 Å². The molecule has 1 unspecified atom stereocenters. The SMILES string of the molecule is CC(=O)c1oc2ccccc2c1NC(=O)C(C)N(C)Cc1cc(Br)cs1. The summed E-state index contributed by atoms with van der Waals surface area (Å²) < 4.78 is 6.66. The summed E-state index contributed by atoms with van der Waals surface area (Å²) in [6.07, 6.45) is 0. The van der Waals surface area contributed by atoms with Crippen LogP contribution in [0, 0.1) is 0 Å². The Hall–Kier alpha value is -1.96. The summed E-state index contributed by atoms with van der Waals surface area (Å²) in [6.45, 7) is 3.93. The van der Waals surface area contributed by atoms with Crippen molar-refractivity contribution in [2.45, 2.75) is 26.4 Å². The molecular formula is C19H19BrN2O3S. The number of likely N-dealkylation sites (N-methyl/N-ethyl adjacent to an activating group) is 1. The first-order valence-corrected chi connectivity index (χ1v) is 9.80. The molecule has 1 N–H and O–H groups in total. The number of carbonyl (C=O) groups excluding carboxylic acids is 2. The maximum atomic E-state index is 12.8. The van der Waals surface area contributed by atoms with Crippen molar-refractivity contribution in [3.8, 4) is 0 Å². The second-order valence-corrected chi connectivity index (χ2v) is 8.08. The molecule has 0 spiro atoms. The minimum atomic E-state index is -0.371. The average molecular weight is 435 g/mol. The van der Waals surface area contributed by atoms with E-state index in [-0.39, 0.29) is 23.5 Å². The molecule has 1 amide bonds. The minimum absolute atomic E-state index is 0.177. The predicted molar refractivity (Wildman–Crippen MR) is 108 cm³/mol. The number of amides is 1. The molecule has 1 aromatic carbocycles. The summed E-state index contributed by atoms with van der Waals surface area (Å²) in [5, 5.41) is 5.63. The number of rotatable bonds is 6. The molecule has 1 atom stereocenters. The number of ketones is 1. The van der Waals surface area contributed by atoms with Crippen molar-refractivity contribution >= 4 is 55.6 Å². The molecule has 0 aliphatic rings. The van der Waals surface area contributed by atoms with Gasteiger partial charge in [0.05, 0.1) is 11.7 Å². The molecule has 0 saturated carbocycles. The van der Waals surface area contributed by atoms with E-state index < -0.39 is 0 Å². The largest absolute Gasteiger partial charge is 0.451 e. The maximum Gasteiger partial charge on any atom is 0.241 e. The number of furan rings is 1. The molecule has 2 aromatic heterocycles. The third-order valence-electron chi connectivity index (χ3n) is 4.23. The number of hydrogen-bond acceptors (Lipinski definition) is 5. The number of benzene rings is 1. The third-order valence-corrected chi connectivity index (χ3v) is 5.91. The normalized spacial score (nSPS) is 12.5. The highest BCUT2D eigenvalue weighted by Gasteiger charge is 2.24. The van der Waals surface area contributed by atoms with Crippen LogP contribution < -0.4 is 5.32 Å². The van der Waals surface area contributed by atoms with Gasteiger partial charge in [0, 0.05) is 33.6 Å². The summed E-state index contributed by atoms with van der Waals surface area (Å²) in [5.41, 5.74) is 1.02. The number of hydrogen-bond donors (Lipinski definition) is 1. The molecule has 5 nitrogen and oxygen atoms in total. The van der Waals surface area contributed by atoms with Crippen LogP contribution in [-0.4, -0.2) is 29.7 Å². The molecule has 26 heavy (non-hydrogen) atoms. The number of nitrogens with one attached hydrogen (secondary N) is 1. The quantitative estimate of drug-likeness (QED) is 0.559. The Bertz CT molecular complexity index is 963. The molecule has 2 heterocycles. The van der Waals surface area contributed by atoms with Gasteiger partial charge in [-0.15, -0.1) is 11.3 Å². The van der Waals surface area contributed by atoms with E-state index in [1.54, 1.807) is 17.4 Å². The van der Waals surface area contributed by atoms with Gasteiger partial charge in [-0.3, -0.25) is 14.5 Å². The molecule has 0 aliphatic heterocycles. The van der Waals surface area contributed by atoms with Gasteiger partial charge >= 0.3 is 0 Å². The van der Waals surface area contributed by atoms with Gasteiger partial charge in [-0.05, 0) is 48.1 Å². The van der Waals surface area contributed by atoms with Gasteiger partial charge in [-0.1, -0.05) is 12.1 Å². The van der Waals surface area contributed by atoms with Gasteiger partial charge in [0.25, 0.3) is 0 Å². The van der Waals surface area contributed by atoms with Gasteiger partial charge in [0.15, 0.2) is 11.5 Å². The summed E-state index contributed by atoms with van der Waals surface area (Å²) in [4.78, 5) is 27.8. The number of para-hydroxylation sites is 1. The summed E-state index contributed by atoms with van der Waals surface area (Å²) in [6, 6.07) is 8.96. The molecule has 136 valence electrons. The van der Waals surface area contributed by atoms with E-state index in [1.165, 1.54) is 6.92 Å². The number of Topliss-reactive ketones (excluding diaryl/α,β-unsaturated/α-hetero) is 1. The highest BCUT2D eigenvalue weighted by atomic mass is 79.9. The van der Waals surface area contributed by atoms with Crippen LogP contribution in [0.15, 0.2) is 44.6 Å². The first-order chi connectivity index (χ1) is 12.4. The van der Waals surface area contributed by atoms with Gasteiger partial charge < -0.3 is 9.73 Å². The van der Waals surface area contributed by atoms with Crippen LogP contribution in [0.1, 0.15) is 29.3 Å². The number of thiophene rings is 1. The van der Waals surface area contributed by atoms with Crippen LogP contribution in [0.4, 0.5) is 5.69 Å². The van der Waals surface area contributed by atoms with Gasteiger partial charge in [-0.2, -0.15) is 0 Å². The number of nitrogens with zero attached hydrogens (tertiary/aromatic N) is 1. The van der Waals surface area contributed by atoms with Crippen molar-refractivity contribution in [2.75, 3.05) is 12.4 Å². The summed E-state index contributed by atoms with van der Waals surface area (Å²) in [5.74, 6) is -0.227. The first-order valence-electron chi connectivity index (χ1n) is 8.13. The van der Waals surface area contributed by atoms with Gasteiger partial charge in [0.2, 0.25) is 5.91 Å². The lowest BCUT2D eigenvalue weighted by atomic mass is 10.1. The summed E-state index contributed by atoms with van der Waals surface area (Å²) in [7, 11) is 1.90. The molecule has 3 rings (SSSR count). The number of halogens is 1. The van der Waals surface area contributed by atoms with E-state index in [4.69, 9.17) is 4.42 Å². The van der Waals surface area contributed by atoms with E-state index in [2.05, 4.69) is 21.2 Å². The summed E-state index contributed by atoms with van der Waals surface area (Å²) >= 11 is 5.08. The van der Waals surface area contributed by atoms with Crippen LogP contribution in [0.5, 0.6) is 0 Å². The second-order valence-electron chi connectivity index (χ2n) is 6.17. The van der Waals surface area contributed by atoms with Crippen molar-refractivity contribution in [3.63, 3.8) is 0 Å². The van der Waals surface area contributed by atoms with E-state index in [9.17, 15) is 9.59 Å². The first kappa shape index (κ1) is 18.8. The molecule has 3 aromatic rings. The van der Waals surface area contributed by atoms with Crippen molar-refractivity contribution in [2.24, 2.45) is 0 Å². The lowest BCUT2D eigenvalue weighted by Crippen LogP contribution is -2.39. The Kier molecular flexibility index (Phi) is 5.60. The maximum absolute atomic E-state index is 12.8. The van der Waals surface area contributed by atoms with E-state index in [1.807, 2.05) is 48.5 Å². The fraction of sp³-hybridized carbons (Fsp3) is 0.263. The third kappa shape index (κ3) is 3.90. The van der Waals surface area contributed by atoms with E-state index in [0.717, 1.165) is 14.7 Å². The highest BCUT2D eigenvalue weighted by molar-refractivity contribution is 9.10. The molecule has 0 saturated heterocycles. The Balaban J connectivity index is 1.79. The zero-order valence-corrected chi connectivity index (χ0v) is 17.1. The Morgan fingerprint density at radius 2 is 2.08 bits per heavy atom. The molecular weight excluding hydrogens is 416 g/mol. The predicted octanol–water partition coefficient (Wildman–Crippen LogP) is 4.92. The second kappa shape index (κ2) is 7.73. The van der Waals surface area contributed by atoms with Crippen LogP contribution in [0.3, 0.4) is 0 Å². The average Bonchev–Trinajstić information content (AvgIpc) is 3.18. The lowest BCUT2D eigenvalue weighted by Gasteiger charge is -2.23. The Morgan fingerprint density at radius 1 is 1.35 bits per heavy atom. The van der Waals surface area contributed by atoms with Gasteiger partial charge in [0.1, 0.15) is 5.58 Å². The fourth-order valence-corrected chi connectivity index (χ4v) is 4.18. The van der Waals surface area contributed by atoms with Crippen molar-refractivity contribution in [3.05, 3.63) is 50.8 Å². The number of fused-ring (bicyclic) bond motifs is 1. The Labute approximate surface area is 164 Å². The standard InChI is InChI=1S/C19H19BrN2O3S/c1-11(22(3)9-14-8-13(20)10-26-14)19(24)21-17-15-6-4-5-7-16(15)25-18(17)12(2)23/h4-8,10-11H,9H2,1-3H3,(H,21,24). The zero-order chi connectivity index (χ0) is 18.8. The van der Waals surface area contributed by atoms with Gasteiger partial charge in [-0.25, -0.2) is 0 Å². The highest BCUT2D eigenvalue weighted by Crippen LogP contribution is 2.31. The molecule has 0 fully saturated rings. The van der Waals surface area contributed by atoms with Crippen LogP contribution in [-0.2, 0) is 11.3 Å². The number of anilines is 1. The Morgan fingerprint density at radius 3 is 2.73 bits per heavy atom. The van der Waals surface area contributed by atoms with Crippen molar-refractivity contribution in [1.29, 1.82) is 0 Å². The smallest absolute Gasteiger partial charge is 0.241 e. The molecule has 0 bridgehead atoms. The monoisotopic (exact) mass is 434 g/mol. The lowest BCUT2D eigenvalue weighted by molar-refractivity contribution is -0.120.